The lowest BCUT2D eigenvalue weighted by Gasteiger charge is -2.26. The quantitative estimate of drug-likeness (QED) is 0.453. The summed E-state index contributed by atoms with van der Waals surface area (Å²) in [5.74, 6) is -1.01. The first-order valence-corrected chi connectivity index (χ1v) is 13.0. The summed E-state index contributed by atoms with van der Waals surface area (Å²) in [6.45, 7) is 4.18. The zero-order chi connectivity index (χ0) is 28.4. The molecule has 0 bridgehead atoms. The Labute approximate surface area is 229 Å². The largest absolute Gasteiger partial charge is 0.482 e. The minimum Gasteiger partial charge on any atom is -0.482 e. The molecular formula is C29H37N3O7. The van der Waals surface area contributed by atoms with Crippen LogP contribution in [0.4, 0.5) is 16.2 Å². The van der Waals surface area contributed by atoms with Crippen LogP contribution >= 0.6 is 0 Å². The monoisotopic (exact) mass is 539 g/mol. The molecule has 0 spiro atoms. The number of para-hydroxylation sites is 1. The van der Waals surface area contributed by atoms with Crippen molar-refractivity contribution in [1.29, 1.82) is 0 Å². The lowest BCUT2D eigenvalue weighted by atomic mass is 10.2. The normalized spacial score (nSPS) is 13.3. The number of nitrogens with zero attached hydrogens (tertiary/aromatic N) is 2. The summed E-state index contributed by atoms with van der Waals surface area (Å²) in [4.78, 5) is 53.4. The van der Waals surface area contributed by atoms with Crippen molar-refractivity contribution in [3.63, 3.8) is 0 Å². The number of ether oxygens (including phenoxy) is 3. The lowest BCUT2D eigenvalue weighted by Crippen LogP contribution is -2.46. The summed E-state index contributed by atoms with van der Waals surface area (Å²) in [5.41, 5.74) is 0.299. The fourth-order valence-electron chi connectivity index (χ4n) is 4.03. The standard InChI is InChI=1S/C29H37N3O7/c1-29(2,3)39-28(36)30-18-25(33)32(19-26(34)31(4)21-11-6-5-7-12-21)22-13-10-16-24(17-22)37-20-27(35)38-23-14-8-9-15-23/h5-7,10-13,16-17,23H,8-9,14-15,18-20H2,1-4H3,(H,30,36). The van der Waals surface area contributed by atoms with Gasteiger partial charge in [-0.15, -0.1) is 0 Å². The number of amides is 3. The fourth-order valence-corrected chi connectivity index (χ4v) is 4.03. The molecule has 0 atom stereocenters. The zero-order valence-corrected chi connectivity index (χ0v) is 23.0. The van der Waals surface area contributed by atoms with E-state index in [-0.39, 0.29) is 25.2 Å². The third-order valence-electron chi connectivity index (χ3n) is 5.98. The van der Waals surface area contributed by atoms with Gasteiger partial charge in [0, 0.05) is 24.5 Å². The van der Waals surface area contributed by atoms with Crippen LogP contribution in [0.2, 0.25) is 0 Å². The van der Waals surface area contributed by atoms with E-state index in [0.717, 1.165) is 25.7 Å². The van der Waals surface area contributed by atoms with Gasteiger partial charge in [0.05, 0.1) is 0 Å². The molecule has 3 rings (SSSR count). The first-order chi connectivity index (χ1) is 18.5. The summed E-state index contributed by atoms with van der Waals surface area (Å²) < 4.78 is 16.3. The van der Waals surface area contributed by atoms with Gasteiger partial charge in [0.2, 0.25) is 11.8 Å². The van der Waals surface area contributed by atoms with Crippen molar-refractivity contribution in [3.8, 4) is 5.75 Å². The molecule has 3 amide bonds. The Balaban J connectivity index is 1.72. The molecule has 0 heterocycles. The molecule has 1 fully saturated rings. The topological polar surface area (TPSA) is 114 Å². The van der Waals surface area contributed by atoms with Crippen LogP contribution in [0, 0.1) is 0 Å². The number of likely N-dealkylation sites (N-methyl/N-ethyl adjacent to an activating group) is 1. The van der Waals surface area contributed by atoms with Crippen molar-refractivity contribution in [1.82, 2.24) is 5.32 Å². The van der Waals surface area contributed by atoms with Crippen LogP contribution in [0.3, 0.4) is 0 Å². The molecule has 0 aliphatic heterocycles. The number of hydrogen-bond acceptors (Lipinski definition) is 7. The van der Waals surface area contributed by atoms with Gasteiger partial charge >= 0.3 is 12.1 Å². The van der Waals surface area contributed by atoms with Gasteiger partial charge in [0.25, 0.3) is 0 Å². The van der Waals surface area contributed by atoms with E-state index in [1.165, 1.54) is 9.80 Å². The Kier molecular flexibility index (Phi) is 10.3. The van der Waals surface area contributed by atoms with Crippen molar-refractivity contribution in [2.45, 2.75) is 58.2 Å². The molecule has 2 aromatic rings. The highest BCUT2D eigenvalue weighted by molar-refractivity contribution is 6.04. The van der Waals surface area contributed by atoms with Crippen molar-refractivity contribution in [2.24, 2.45) is 0 Å². The predicted molar refractivity (Wildman–Crippen MR) is 147 cm³/mol. The maximum atomic E-state index is 13.2. The van der Waals surface area contributed by atoms with Crippen LogP contribution in [-0.4, -0.2) is 62.3 Å². The van der Waals surface area contributed by atoms with Crippen LogP contribution in [-0.2, 0) is 23.9 Å². The first-order valence-electron chi connectivity index (χ1n) is 13.0. The summed E-state index contributed by atoms with van der Waals surface area (Å²) in [6.07, 6.45) is 3.01. The van der Waals surface area contributed by atoms with Gasteiger partial charge in [-0.2, -0.15) is 0 Å². The Hall–Kier alpha value is -4.08. The number of hydrogen-bond donors (Lipinski definition) is 1. The molecule has 210 valence electrons. The van der Waals surface area contributed by atoms with Crippen molar-refractivity contribution in [3.05, 3.63) is 54.6 Å². The maximum Gasteiger partial charge on any atom is 0.408 e. The van der Waals surface area contributed by atoms with Crippen LogP contribution in [0.5, 0.6) is 5.75 Å². The minimum atomic E-state index is -0.749. The SMILES string of the molecule is CN(C(=O)CN(C(=O)CNC(=O)OC(C)(C)C)c1cccc(OCC(=O)OC2CCCC2)c1)c1ccccc1. The van der Waals surface area contributed by atoms with Crippen LogP contribution < -0.4 is 19.9 Å². The second-order valence-corrected chi connectivity index (χ2v) is 10.3. The number of alkyl carbamates (subject to hydrolysis) is 1. The summed E-state index contributed by atoms with van der Waals surface area (Å²) >= 11 is 0. The third-order valence-corrected chi connectivity index (χ3v) is 5.98. The molecule has 2 aromatic carbocycles. The number of nitrogens with one attached hydrogen (secondary N) is 1. The lowest BCUT2D eigenvalue weighted by molar-refractivity contribution is -0.151. The van der Waals surface area contributed by atoms with E-state index in [4.69, 9.17) is 14.2 Å². The number of rotatable bonds is 10. The van der Waals surface area contributed by atoms with Crippen molar-refractivity contribution in [2.75, 3.05) is 36.5 Å². The molecular weight excluding hydrogens is 502 g/mol. The summed E-state index contributed by atoms with van der Waals surface area (Å²) in [6, 6.07) is 15.5. The predicted octanol–water partition coefficient (Wildman–Crippen LogP) is 4.07. The Morgan fingerprint density at radius 2 is 1.59 bits per heavy atom. The smallest absolute Gasteiger partial charge is 0.408 e. The molecule has 1 N–H and O–H groups in total. The molecule has 1 aliphatic rings. The van der Waals surface area contributed by atoms with E-state index in [0.29, 0.717) is 17.1 Å². The number of esters is 1. The Bertz CT molecular complexity index is 1140. The van der Waals surface area contributed by atoms with Crippen LogP contribution in [0.25, 0.3) is 0 Å². The second kappa shape index (κ2) is 13.6. The number of carbonyl (C=O) groups excluding carboxylic acids is 4. The average molecular weight is 540 g/mol. The number of anilines is 2. The fraction of sp³-hybridized carbons (Fsp3) is 0.448. The number of benzene rings is 2. The van der Waals surface area contributed by atoms with Gasteiger partial charge < -0.3 is 29.3 Å². The van der Waals surface area contributed by atoms with E-state index in [9.17, 15) is 19.2 Å². The maximum absolute atomic E-state index is 13.2. The summed E-state index contributed by atoms with van der Waals surface area (Å²) in [5, 5.41) is 2.44. The van der Waals surface area contributed by atoms with E-state index in [2.05, 4.69) is 5.32 Å². The zero-order valence-electron chi connectivity index (χ0n) is 23.0. The van der Waals surface area contributed by atoms with E-state index in [1.807, 2.05) is 18.2 Å². The highest BCUT2D eigenvalue weighted by Crippen LogP contribution is 2.24. The first kappa shape index (κ1) is 29.5. The minimum absolute atomic E-state index is 0.0642. The Morgan fingerprint density at radius 1 is 0.923 bits per heavy atom. The van der Waals surface area contributed by atoms with Gasteiger partial charge in [0.15, 0.2) is 6.61 Å². The third kappa shape index (κ3) is 9.63. The van der Waals surface area contributed by atoms with Gasteiger partial charge in [-0.1, -0.05) is 24.3 Å². The molecule has 0 unspecified atom stereocenters. The molecule has 10 nitrogen and oxygen atoms in total. The van der Waals surface area contributed by atoms with Crippen LogP contribution in [0.15, 0.2) is 54.6 Å². The molecule has 10 heteroatoms. The van der Waals surface area contributed by atoms with Gasteiger partial charge in [-0.3, -0.25) is 9.59 Å². The van der Waals surface area contributed by atoms with Crippen LogP contribution in [0.1, 0.15) is 46.5 Å². The molecule has 0 saturated heterocycles. The summed E-state index contributed by atoms with van der Waals surface area (Å²) in [7, 11) is 1.62. The van der Waals surface area contributed by atoms with E-state index in [1.54, 1.807) is 64.2 Å². The van der Waals surface area contributed by atoms with E-state index >= 15 is 0 Å². The highest BCUT2D eigenvalue weighted by atomic mass is 16.6. The van der Waals surface area contributed by atoms with Gasteiger partial charge in [0.1, 0.15) is 30.5 Å². The number of carbonyl (C=O) groups is 4. The van der Waals surface area contributed by atoms with Crippen molar-refractivity contribution >= 4 is 35.3 Å². The van der Waals surface area contributed by atoms with Gasteiger partial charge in [-0.25, -0.2) is 9.59 Å². The molecule has 0 aromatic heterocycles. The highest BCUT2D eigenvalue weighted by Gasteiger charge is 2.24. The molecule has 1 aliphatic carbocycles. The van der Waals surface area contributed by atoms with Crippen molar-refractivity contribution < 1.29 is 33.4 Å². The van der Waals surface area contributed by atoms with E-state index < -0.39 is 30.1 Å². The molecule has 1 saturated carbocycles. The average Bonchev–Trinajstić information content (AvgIpc) is 3.41. The molecule has 39 heavy (non-hydrogen) atoms. The Morgan fingerprint density at radius 3 is 2.26 bits per heavy atom. The second-order valence-electron chi connectivity index (χ2n) is 10.3. The molecule has 0 radical (unpaired) electrons. The van der Waals surface area contributed by atoms with Gasteiger partial charge in [-0.05, 0) is 70.7 Å².